The third kappa shape index (κ3) is 4.35. The number of carbonyl (C=O) groups excluding carboxylic acids is 1. The normalized spacial score (nSPS) is 10.6. The molecule has 0 aliphatic rings. The van der Waals surface area contributed by atoms with Gasteiger partial charge in [0.05, 0.1) is 28.6 Å². The first-order chi connectivity index (χ1) is 14.5. The third-order valence-electron chi connectivity index (χ3n) is 4.33. The number of aromatic nitrogens is 1. The van der Waals surface area contributed by atoms with E-state index in [4.69, 9.17) is 21.9 Å². The number of nitrogens with one attached hydrogen (secondary N) is 2. The Hall–Kier alpha value is -2.81. The molecule has 1 aromatic heterocycles. The first kappa shape index (κ1) is 20.5. The zero-order chi connectivity index (χ0) is 21.1. The molecule has 4 rings (SSSR count). The zero-order valence-electron chi connectivity index (χ0n) is 15.8. The number of thiocarbonyl (C=S) groups is 1. The van der Waals surface area contributed by atoms with E-state index in [1.165, 1.54) is 7.11 Å². The summed E-state index contributed by atoms with van der Waals surface area (Å²) >= 11 is 10.4. The van der Waals surface area contributed by atoms with Crippen molar-refractivity contribution in [2.24, 2.45) is 0 Å². The van der Waals surface area contributed by atoms with Crippen LogP contribution in [-0.4, -0.2) is 23.1 Å². The number of benzene rings is 3. The maximum Gasteiger partial charge on any atom is 0.261 e. The molecule has 0 radical (unpaired) electrons. The Balaban J connectivity index is 1.56. The highest BCUT2D eigenvalue weighted by Crippen LogP contribution is 2.34. The summed E-state index contributed by atoms with van der Waals surface area (Å²) < 4.78 is 7.16. The molecule has 0 aliphatic carbocycles. The Morgan fingerprint density at radius 1 is 1.10 bits per heavy atom. The minimum atomic E-state index is -0.358. The number of nitrogens with zero attached hydrogens (tertiary/aromatic N) is 1. The molecule has 0 fully saturated rings. The number of para-hydroxylation sites is 2. The SMILES string of the molecule is COc1ccc(Br)cc1C(=O)NC(=S)Nc1ccccc1-c1nc2ccccc2s1. The molecule has 1 heterocycles. The topological polar surface area (TPSA) is 63.2 Å². The lowest BCUT2D eigenvalue weighted by molar-refractivity contribution is 0.0974. The predicted molar refractivity (Wildman–Crippen MR) is 129 cm³/mol. The number of hydrogen-bond donors (Lipinski definition) is 2. The van der Waals surface area contributed by atoms with Gasteiger partial charge in [-0.15, -0.1) is 11.3 Å². The molecule has 0 saturated heterocycles. The molecule has 0 atom stereocenters. The van der Waals surface area contributed by atoms with Crippen LogP contribution in [0.2, 0.25) is 0 Å². The lowest BCUT2D eigenvalue weighted by Crippen LogP contribution is -2.34. The first-order valence-electron chi connectivity index (χ1n) is 8.96. The van der Waals surface area contributed by atoms with Crippen LogP contribution in [0.5, 0.6) is 5.75 Å². The Labute approximate surface area is 191 Å². The number of carbonyl (C=O) groups is 1. The molecule has 0 bridgehead atoms. The fourth-order valence-corrected chi connectivity index (χ4v) is 4.52. The quantitative estimate of drug-likeness (QED) is 0.345. The van der Waals surface area contributed by atoms with Crippen molar-refractivity contribution in [3.63, 3.8) is 0 Å². The molecular weight excluding hydrogens is 482 g/mol. The van der Waals surface area contributed by atoms with Crippen LogP contribution in [0.25, 0.3) is 20.8 Å². The summed E-state index contributed by atoms with van der Waals surface area (Å²) in [6.07, 6.45) is 0. The molecule has 0 saturated carbocycles. The second kappa shape index (κ2) is 8.91. The average molecular weight is 498 g/mol. The lowest BCUT2D eigenvalue weighted by atomic mass is 10.2. The number of methoxy groups -OCH3 is 1. The Bertz CT molecular complexity index is 1220. The predicted octanol–water partition coefficient (Wildman–Crippen LogP) is 5.86. The third-order valence-corrected chi connectivity index (χ3v) is 6.10. The molecule has 0 unspecified atom stereocenters. The highest BCUT2D eigenvalue weighted by molar-refractivity contribution is 9.10. The van der Waals surface area contributed by atoms with Gasteiger partial charge in [-0.1, -0.05) is 40.2 Å². The van der Waals surface area contributed by atoms with Gasteiger partial charge in [-0.25, -0.2) is 4.98 Å². The van der Waals surface area contributed by atoms with E-state index in [0.29, 0.717) is 11.3 Å². The Kier molecular flexibility index (Phi) is 6.08. The van der Waals surface area contributed by atoms with Crippen molar-refractivity contribution in [2.75, 3.05) is 12.4 Å². The number of amides is 1. The number of fused-ring (bicyclic) bond motifs is 1. The molecule has 4 aromatic rings. The summed E-state index contributed by atoms with van der Waals surface area (Å²) in [7, 11) is 1.52. The van der Waals surface area contributed by atoms with E-state index in [2.05, 4.69) is 26.6 Å². The van der Waals surface area contributed by atoms with Gasteiger partial charge in [0.2, 0.25) is 0 Å². The van der Waals surface area contributed by atoms with Crippen LogP contribution in [0.3, 0.4) is 0 Å². The van der Waals surface area contributed by atoms with Crippen molar-refractivity contribution in [1.29, 1.82) is 0 Å². The van der Waals surface area contributed by atoms with Crippen LogP contribution in [0, 0.1) is 0 Å². The van der Waals surface area contributed by atoms with Crippen LogP contribution in [0.15, 0.2) is 71.2 Å². The van der Waals surface area contributed by atoms with Crippen molar-refractivity contribution in [3.05, 3.63) is 76.8 Å². The monoisotopic (exact) mass is 497 g/mol. The number of thiazole rings is 1. The fourth-order valence-electron chi connectivity index (χ4n) is 2.95. The van der Waals surface area contributed by atoms with E-state index in [0.717, 1.165) is 30.9 Å². The number of hydrogen-bond acceptors (Lipinski definition) is 5. The standard InChI is InChI=1S/C22H16BrN3O2S2/c1-28-18-11-10-13(23)12-15(18)20(27)26-22(29)25-16-7-3-2-6-14(16)21-24-17-8-4-5-9-19(17)30-21/h2-12H,1H3,(H2,25,26,27,29). The van der Waals surface area contributed by atoms with E-state index >= 15 is 0 Å². The zero-order valence-corrected chi connectivity index (χ0v) is 19.0. The molecule has 150 valence electrons. The number of ether oxygens (including phenoxy) is 1. The number of rotatable bonds is 4. The Morgan fingerprint density at radius 3 is 2.67 bits per heavy atom. The van der Waals surface area contributed by atoms with Crippen molar-refractivity contribution < 1.29 is 9.53 Å². The average Bonchev–Trinajstić information content (AvgIpc) is 3.18. The highest BCUT2D eigenvalue weighted by Gasteiger charge is 2.16. The molecule has 1 amide bonds. The van der Waals surface area contributed by atoms with Gasteiger partial charge in [-0.3, -0.25) is 10.1 Å². The molecule has 0 aliphatic heterocycles. The largest absolute Gasteiger partial charge is 0.496 e. The van der Waals surface area contributed by atoms with E-state index in [-0.39, 0.29) is 11.0 Å². The van der Waals surface area contributed by atoms with Crippen molar-refractivity contribution in [2.45, 2.75) is 0 Å². The van der Waals surface area contributed by atoms with Crippen LogP contribution >= 0.6 is 39.5 Å². The minimum absolute atomic E-state index is 0.190. The van der Waals surface area contributed by atoms with Gasteiger partial charge in [0.25, 0.3) is 5.91 Å². The molecule has 3 aromatic carbocycles. The van der Waals surface area contributed by atoms with Gasteiger partial charge in [0.15, 0.2) is 5.11 Å². The lowest BCUT2D eigenvalue weighted by Gasteiger charge is -2.13. The molecule has 2 N–H and O–H groups in total. The maximum absolute atomic E-state index is 12.7. The van der Waals surface area contributed by atoms with Crippen molar-refractivity contribution in [3.8, 4) is 16.3 Å². The van der Waals surface area contributed by atoms with Crippen LogP contribution < -0.4 is 15.4 Å². The maximum atomic E-state index is 12.7. The number of anilines is 1. The second-order valence-corrected chi connectivity index (χ2v) is 8.64. The van der Waals surface area contributed by atoms with E-state index < -0.39 is 0 Å². The van der Waals surface area contributed by atoms with Crippen LogP contribution in [0.1, 0.15) is 10.4 Å². The summed E-state index contributed by atoms with van der Waals surface area (Å²) in [6, 6.07) is 20.9. The summed E-state index contributed by atoms with van der Waals surface area (Å²) in [5, 5.41) is 6.90. The molecule has 30 heavy (non-hydrogen) atoms. The van der Waals surface area contributed by atoms with E-state index in [1.807, 2.05) is 48.5 Å². The number of halogens is 1. The first-order valence-corrected chi connectivity index (χ1v) is 11.0. The second-order valence-electron chi connectivity index (χ2n) is 6.29. The van der Waals surface area contributed by atoms with Crippen molar-refractivity contribution >= 4 is 66.4 Å². The molecule has 8 heteroatoms. The van der Waals surface area contributed by atoms with Crippen LogP contribution in [0.4, 0.5) is 5.69 Å². The van der Waals surface area contributed by atoms with Crippen molar-refractivity contribution in [1.82, 2.24) is 10.3 Å². The smallest absolute Gasteiger partial charge is 0.261 e. The van der Waals surface area contributed by atoms with Gasteiger partial charge < -0.3 is 10.1 Å². The Morgan fingerprint density at radius 2 is 1.87 bits per heavy atom. The summed E-state index contributed by atoms with van der Waals surface area (Å²) in [5.41, 5.74) is 3.01. The highest BCUT2D eigenvalue weighted by atomic mass is 79.9. The van der Waals surface area contributed by atoms with Crippen LogP contribution in [-0.2, 0) is 0 Å². The molecular formula is C22H16BrN3O2S2. The summed E-state index contributed by atoms with van der Waals surface area (Å²) in [6.45, 7) is 0. The molecule has 0 spiro atoms. The van der Waals surface area contributed by atoms with Gasteiger partial charge in [-0.2, -0.15) is 0 Å². The molecule has 5 nitrogen and oxygen atoms in total. The fraction of sp³-hybridized carbons (Fsp3) is 0.0455. The van der Waals surface area contributed by atoms with Gasteiger partial charge in [0, 0.05) is 10.0 Å². The summed E-state index contributed by atoms with van der Waals surface area (Å²) in [5.74, 6) is 0.108. The van der Waals surface area contributed by atoms with Gasteiger partial charge >= 0.3 is 0 Å². The van der Waals surface area contributed by atoms with E-state index in [1.54, 1.807) is 29.5 Å². The van der Waals surface area contributed by atoms with Gasteiger partial charge in [-0.05, 0) is 54.7 Å². The van der Waals surface area contributed by atoms with E-state index in [9.17, 15) is 4.79 Å². The summed E-state index contributed by atoms with van der Waals surface area (Å²) in [4.78, 5) is 17.4. The minimum Gasteiger partial charge on any atom is -0.496 e. The van der Waals surface area contributed by atoms with Gasteiger partial charge in [0.1, 0.15) is 10.8 Å².